The molecule has 1 N–H and O–H groups in total. The van der Waals surface area contributed by atoms with Crippen LogP contribution in [0, 0.1) is 11.8 Å². The van der Waals surface area contributed by atoms with Gasteiger partial charge in [-0.25, -0.2) is 4.79 Å². The molecular weight excluding hydrogens is 466 g/mol. The van der Waals surface area contributed by atoms with Gasteiger partial charge in [0, 0.05) is 24.7 Å². The Labute approximate surface area is 211 Å². The van der Waals surface area contributed by atoms with Crippen LogP contribution in [-0.4, -0.2) is 53.4 Å². The predicted molar refractivity (Wildman–Crippen MR) is 135 cm³/mol. The fraction of sp³-hybridized carbons (Fsp3) is 0.444. The van der Waals surface area contributed by atoms with E-state index in [1.807, 2.05) is 35.2 Å². The second-order valence-electron chi connectivity index (χ2n) is 9.73. The van der Waals surface area contributed by atoms with Gasteiger partial charge in [0.05, 0.1) is 11.3 Å². The number of nitrogens with zero attached hydrogens (tertiary/aromatic N) is 2. The van der Waals surface area contributed by atoms with E-state index in [4.69, 9.17) is 16.3 Å². The Hall–Kier alpha value is -3.06. The van der Waals surface area contributed by atoms with Gasteiger partial charge in [0.2, 0.25) is 5.91 Å². The maximum atomic E-state index is 13.4. The molecule has 2 aromatic rings. The number of likely N-dealkylation sites (tertiary alicyclic amines) is 2. The Balaban J connectivity index is 1.45. The van der Waals surface area contributed by atoms with E-state index in [1.54, 1.807) is 18.2 Å². The van der Waals surface area contributed by atoms with Crippen LogP contribution in [0.25, 0.3) is 0 Å². The molecule has 0 saturated carbocycles. The molecule has 2 aliphatic heterocycles. The predicted octanol–water partition coefficient (Wildman–Crippen LogP) is 5.20. The van der Waals surface area contributed by atoms with Crippen molar-refractivity contribution in [2.75, 3.05) is 25.0 Å². The van der Waals surface area contributed by atoms with E-state index in [-0.39, 0.29) is 18.4 Å². The number of piperidine rings is 1. The first-order valence-electron chi connectivity index (χ1n) is 12.2. The van der Waals surface area contributed by atoms with Gasteiger partial charge in [-0.15, -0.1) is 0 Å². The number of benzene rings is 2. The molecule has 0 spiro atoms. The maximum absolute atomic E-state index is 13.4. The lowest BCUT2D eigenvalue weighted by molar-refractivity contribution is -0.120. The Morgan fingerprint density at radius 2 is 1.77 bits per heavy atom. The molecule has 0 unspecified atom stereocenters. The number of halogens is 1. The largest absolute Gasteiger partial charge is 0.445 e. The van der Waals surface area contributed by atoms with Crippen LogP contribution < -0.4 is 5.32 Å². The van der Waals surface area contributed by atoms with E-state index in [0.717, 1.165) is 12.0 Å². The third-order valence-electron chi connectivity index (χ3n) is 6.62. The molecule has 2 aromatic carbocycles. The van der Waals surface area contributed by atoms with Crippen LogP contribution in [0.15, 0.2) is 48.5 Å². The highest BCUT2D eigenvalue weighted by Gasteiger charge is 2.36. The average molecular weight is 498 g/mol. The summed E-state index contributed by atoms with van der Waals surface area (Å²) >= 11 is 6.22. The highest BCUT2D eigenvalue weighted by molar-refractivity contribution is 6.31. The first-order valence-corrected chi connectivity index (χ1v) is 12.6. The molecule has 186 valence electrons. The highest BCUT2D eigenvalue weighted by atomic mass is 35.5. The van der Waals surface area contributed by atoms with Crippen molar-refractivity contribution in [3.05, 3.63) is 64.7 Å². The molecule has 2 fully saturated rings. The summed E-state index contributed by atoms with van der Waals surface area (Å²) in [5, 5.41) is 3.31. The number of anilines is 1. The quantitative estimate of drug-likeness (QED) is 0.616. The van der Waals surface area contributed by atoms with Gasteiger partial charge in [-0.1, -0.05) is 55.8 Å². The van der Waals surface area contributed by atoms with Crippen LogP contribution in [-0.2, 0) is 16.1 Å². The summed E-state index contributed by atoms with van der Waals surface area (Å²) in [4.78, 5) is 42.6. The molecule has 2 saturated heterocycles. The SMILES string of the molecule is C[C@@H]1C[C@H](C)CN(C(=O)c2cc(Cl)ccc2NC(=O)[C@@H]2CCCN2C(=O)OCc2ccccc2)C1. The van der Waals surface area contributed by atoms with Crippen molar-refractivity contribution >= 4 is 35.2 Å². The molecule has 3 atom stereocenters. The van der Waals surface area contributed by atoms with Gasteiger partial charge < -0.3 is 15.0 Å². The summed E-state index contributed by atoms with van der Waals surface area (Å²) in [6, 6.07) is 13.7. The topological polar surface area (TPSA) is 79.0 Å². The third-order valence-corrected chi connectivity index (χ3v) is 6.86. The minimum atomic E-state index is -0.660. The molecular formula is C27H32ClN3O4. The molecule has 35 heavy (non-hydrogen) atoms. The molecule has 3 amide bonds. The Kier molecular flexibility index (Phi) is 7.96. The summed E-state index contributed by atoms with van der Waals surface area (Å²) in [5.41, 5.74) is 1.65. The van der Waals surface area contributed by atoms with E-state index < -0.39 is 12.1 Å². The average Bonchev–Trinajstić information content (AvgIpc) is 3.33. The van der Waals surface area contributed by atoms with Gasteiger partial charge in [0.15, 0.2) is 0 Å². The number of rotatable bonds is 5. The van der Waals surface area contributed by atoms with Gasteiger partial charge in [-0.05, 0) is 54.9 Å². The Bertz CT molecular complexity index is 1070. The van der Waals surface area contributed by atoms with E-state index in [2.05, 4.69) is 19.2 Å². The number of amides is 3. The summed E-state index contributed by atoms with van der Waals surface area (Å²) in [6.07, 6.45) is 1.80. The molecule has 0 aromatic heterocycles. The Morgan fingerprint density at radius 3 is 2.49 bits per heavy atom. The van der Waals surface area contributed by atoms with Gasteiger partial charge in [0.1, 0.15) is 12.6 Å². The zero-order valence-electron chi connectivity index (χ0n) is 20.2. The van der Waals surface area contributed by atoms with E-state index >= 15 is 0 Å². The van der Waals surface area contributed by atoms with Gasteiger partial charge >= 0.3 is 6.09 Å². The molecule has 7 nitrogen and oxygen atoms in total. The van der Waals surface area contributed by atoms with Crippen LogP contribution in [0.4, 0.5) is 10.5 Å². The van der Waals surface area contributed by atoms with Crippen LogP contribution in [0.5, 0.6) is 0 Å². The maximum Gasteiger partial charge on any atom is 0.410 e. The van der Waals surface area contributed by atoms with Crippen LogP contribution in [0.3, 0.4) is 0 Å². The third kappa shape index (κ3) is 6.14. The number of hydrogen-bond acceptors (Lipinski definition) is 4. The second-order valence-corrected chi connectivity index (χ2v) is 10.2. The van der Waals surface area contributed by atoms with E-state index in [1.165, 1.54) is 4.90 Å². The van der Waals surface area contributed by atoms with Gasteiger partial charge in [-0.3, -0.25) is 14.5 Å². The number of nitrogens with one attached hydrogen (secondary N) is 1. The fourth-order valence-electron chi connectivity index (χ4n) is 5.08. The molecule has 0 radical (unpaired) electrons. The number of carbonyl (C=O) groups excluding carboxylic acids is 3. The van der Waals surface area contributed by atoms with Gasteiger partial charge in [-0.2, -0.15) is 0 Å². The lowest BCUT2D eigenvalue weighted by atomic mass is 9.91. The van der Waals surface area contributed by atoms with Crippen LogP contribution >= 0.6 is 11.6 Å². The zero-order valence-corrected chi connectivity index (χ0v) is 21.0. The van der Waals surface area contributed by atoms with Crippen molar-refractivity contribution in [3.8, 4) is 0 Å². The summed E-state index contributed by atoms with van der Waals surface area (Å²) in [5.74, 6) is 0.338. The monoisotopic (exact) mass is 497 g/mol. The fourth-order valence-corrected chi connectivity index (χ4v) is 5.25. The van der Waals surface area contributed by atoms with E-state index in [0.29, 0.717) is 60.6 Å². The van der Waals surface area contributed by atoms with Gasteiger partial charge in [0.25, 0.3) is 5.91 Å². The Morgan fingerprint density at radius 1 is 1.06 bits per heavy atom. The van der Waals surface area contributed by atoms with E-state index in [9.17, 15) is 14.4 Å². The molecule has 2 heterocycles. The summed E-state index contributed by atoms with van der Waals surface area (Å²) in [7, 11) is 0. The first kappa shape index (κ1) is 25.0. The van der Waals surface area contributed by atoms with Crippen molar-refractivity contribution in [2.24, 2.45) is 11.8 Å². The highest BCUT2D eigenvalue weighted by Crippen LogP contribution is 2.28. The number of carbonyl (C=O) groups is 3. The van der Waals surface area contributed by atoms with Crippen molar-refractivity contribution in [1.82, 2.24) is 9.80 Å². The molecule has 0 aliphatic carbocycles. The minimum absolute atomic E-state index is 0.146. The van der Waals surface area contributed by atoms with Crippen LogP contribution in [0.2, 0.25) is 5.02 Å². The lowest BCUT2D eigenvalue weighted by Gasteiger charge is -2.35. The van der Waals surface area contributed by atoms with Crippen molar-refractivity contribution in [1.29, 1.82) is 0 Å². The molecule has 4 rings (SSSR count). The standard InChI is InChI=1S/C27H32ClN3O4/c1-18-13-19(2)16-30(15-18)26(33)22-14-21(28)10-11-23(22)29-25(32)24-9-6-12-31(24)27(34)35-17-20-7-4-3-5-8-20/h3-5,7-8,10-11,14,18-19,24H,6,9,12-13,15-17H2,1-2H3,(H,29,32)/t18-,19+,24-/m0/s1. The molecule has 2 aliphatic rings. The minimum Gasteiger partial charge on any atom is -0.445 e. The smallest absolute Gasteiger partial charge is 0.410 e. The lowest BCUT2D eigenvalue weighted by Crippen LogP contribution is -2.44. The molecule has 0 bridgehead atoms. The number of ether oxygens (including phenoxy) is 1. The normalized spacial score (nSPS) is 22.1. The zero-order chi connectivity index (χ0) is 24.9. The molecule has 8 heteroatoms. The van der Waals surface area contributed by atoms with Crippen molar-refractivity contribution in [3.63, 3.8) is 0 Å². The first-order chi connectivity index (χ1) is 16.8. The summed E-state index contributed by atoms with van der Waals surface area (Å²) < 4.78 is 5.45. The van der Waals surface area contributed by atoms with Crippen molar-refractivity contribution < 1.29 is 19.1 Å². The second kappa shape index (κ2) is 11.1. The van der Waals surface area contributed by atoms with Crippen LogP contribution in [0.1, 0.15) is 49.0 Å². The van der Waals surface area contributed by atoms with Crippen molar-refractivity contribution in [2.45, 2.75) is 45.8 Å². The summed E-state index contributed by atoms with van der Waals surface area (Å²) in [6.45, 7) is 6.22. The number of hydrogen-bond donors (Lipinski definition) is 1.